The molecule has 9 rings (SSSR count). The van der Waals surface area contributed by atoms with Crippen molar-refractivity contribution in [1.29, 1.82) is 0 Å². The van der Waals surface area contributed by atoms with E-state index < -0.39 is 0 Å². The Hall–Kier alpha value is -5.43. The molecule has 0 aliphatic carbocycles. The van der Waals surface area contributed by atoms with Crippen LogP contribution in [0.2, 0.25) is 0 Å². The Balaban J connectivity index is 0.000000189. The number of pyridine rings is 1. The molecule has 4 heterocycles. The minimum absolute atomic E-state index is 0. The Morgan fingerprint density at radius 1 is 0.582 bits per heavy atom. The summed E-state index contributed by atoms with van der Waals surface area (Å²) >= 11 is 0. The number of benzene rings is 5. The van der Waals surface area contributed by atoms with Gasteiger partial charge in [-0.25, -0.2) is 0 Å². The van der Waals surface area contributed by atoms with Crippen molar-refractivity contribution < 1.29 is 40.2 Å². The molecule has 349 valence electrons. The van der Waals surface area contributed by atoms with Gasteiger partial charge in [0.1, 0.15) is 0 Å². The number of aromatic nitrogens is 5. The zero-order valence-electron chi connectivity index (χ0n) is 40.9. The first-order valence-corrected chi connectivity index (χ1v) is 22.8. The normalized spacial score (nSPS) is 11.8. The first-order valence-electron chi connectivity index (χ1n) is 22.8. The SMILES string of the molecule is CN1[CH-]N(c2[c-]cccc2)c2ccccc21.Cc1c[c-]c(-c2nccn2-c2c(C(C)C)cncc2C(C)C)cc1.Cc1cc(C(C)C)c(-c2cc[c-]c(-c3nccn3C)c2)c(C(C)C)c1.[Ir+3].[Ir]. The smallest absolute Gasteiger partial charge is 0.504 e. The van der Waals surface area contributed by atoms with Gasteiger partial charge in [0.25, 0.3) is 0 Å². The van der Waals surface area contributed by atoms with Gasteiger partial charge in [-0.3, -0.25) is 15.0 Å². The molecule has 0 saturated carbocycles. The summed E-state index contributed by atoms with van der Waals surface area (Å²) in [6.07, 6.45) is 11.7. The van der Waals surface area contributed by atoms with E-state index in [1.165, 1.54) is 61.6 Å². The van der Waals surface area contributed by atoms with Crippen LogP contribution in [-0.4, -0.2) is 31.1 Å². The van der Waals surface area contributed by atoms with Crippen molar-refractivity contribution in [3.05, 3.63) is 192 Å². The molecule has 0 amide bonds. The second-order valence-electron chi connectivity index (χ2n) is 18.2. The molecule has 0 unspecified atom stereocenters. The van der Waals surface area contributed by atoms with Crippen LogP contribution in [0.3, 0.4) is 0 Å². The van der Waals surface area contributed by atoms with Crippen molar-refractivity contribution >= 4 is 17.1 Å². The molecule has 1 aliphatic heterocycles. The number of nitrogens with zero attached hydrogens (tertiary/aromatic N) is 7. The quantitative estimate of drug-likeness (QED) is 0.135. The molecule has 8 aromatic rings. The summed E-state index contributed by atoms with van der Waals surface area (Å²) in [5.41, 5.74) is 17.2. The maximum absolute atomic E-state index is 4.60. The number of hydrogen-bond donors (Lipinski definition) is 0. The van der Waals surface area contributed by atoms with Gasteiger partial charge in [-0.1, -0.05) is 92.1 Å². The molecule has 1 aliphatic rings. The van der Waals surface area contributed by atoms with Crippen molar-refractivity contribution in [1.82, 2.24) is 24.1 Å². The second kappa shape index (κ2) is 23.5. The molecule has 3 aromatic heterocycles. The van der Waals surface area contributed by atoms with Gasteiger partial charge < -0.3 is 18.9 Å². The Bertz CT molecular complexity index is 2770. The van der Waals surface area contributed by atoms with Crippen LogP contribution in [0.5, 0.6) is 0 Å². The van der Waals surface area contributed by atoms with Crippen LogP contribution in [0.25, 0.3) is 39.6 Å². The van der Waals surface area contributed by atoms with Gasteiger partial charge in [0.15, 0.2) is 0 Å². The maximum Gasteiger partial charge on any atom is 3.00 e. The molecule has 0 saturated heterocycles. The van der Waals surface area contributed by atoms with Crippen molar-refractivity contribution in [3.63, 3.8) is 0 Å². The molecule has 0 atom stereocenters. The van der Waals surface area contributed by atoms with Crippen LogP contribution in [0.4, 0.5) is 17.1 Å². The maximum atomic E-state index is 4.60. The van der Waals surface area contributed by atoms with Gasteiger partial charge in [0.05, 0.1) is 11.6 Å². The molecule has 0 fully saturated rings. The number of anilines is 3. The molecule has 0 N–H and O–H groups in total. The van der Waals surface area contributed by atoms with E-state index in [-0.39, 0.29) is 40.2 Å². The average molecular weight is 1240 g/mol. The fourth-order valence-electron chi connectivity index (χ4n) is 8.39. The number of aryl methyl sites for hydroxylation is 3. The van der Waals surface area contributed by atoms with E-state index in [1.807, 2.05) is 79.1 Å². The van der Waals surface area contributed by atoms with Gasteiger partial charge >= 0.3 is 20.1 Å². The fraction of sp³-hybridized carbons (Fsp3) is 0.276. The van der Waals surface area contributed by atoms with Crippen molar-refractivity contribution in [2.75, 3.05) is 16.8 Å². The van der Waals surface area contributed by atoms with Gasteiger partial charge in [0, 0.05) is 81.4 Å². The predicted molar refractivity (Wildman–Crippen MR) is 271 cm³/mol. The Morgan fingerprint density at radius 2 is 1.19 bits per heavy atom. The summed E-state index contributed by atoms with van der Waals surface area (Å²) in [5, 5.41) is 0. The Kier molecular flexibility index (Phi) is 18.5. The number of imidazole rings is 2. The number of hydrogen-bond acceptors (Lipinski definition) is 5. The van der Waals surface area contributed by atoms with Crippen LogP contribution in [0.1, 0.15) is 112 Å². The summed E-state index contributed by atoms with van der Waals surface area (Å²) in [5.74, 6) is 3.62. The Morgan fingerprint density at radius 3 is 1.76 bits per heavy atom. The minimum atomic E-state index is 0. The van der Waals surface area contributed by atoms with Gasteiger partial charge in [0.2, 0.25) is 0 Å². The van der Waals surface area contributed by atoms with E-state index in [0.717, 1.165) is 28.5 Å². The van der Waals surface area contributed by atoms with Crippen molar-refractivity contribution in [3.8, 4) is 39.6 Å². The second-order valence-corrected chi connectivity index (χ2v) is 18.2. The predicted octanol–water partition coefficient (Wildman–Crippen LogP) is 14.6. The summed E-state index contributed by atoms with van der Waals surface area (Å²) in [6.45, 7) is 24.3. The third-order valence-electron chi connectivity index (χ3n) is 11.8. The standard InChI is InChI=1S/C23H27N2.C21H24N3.C14H12N2.2Ir/c1-15(2)20-12-17(5)13-21(16(3)4)22(20)18-8-7-9-19(14-18)23-24-10-11-25(23)6;1-14(2)18-12-22-13-19(15(3)4)20(18)24-11-10-23-21(24)17-8-6-16(5)7-9-17;1-15-11-16(12-7-3-2-4-8-12)14-10-6-5-9-13(14)15;;/h7-8,10-16H,1-6H3;6-8,10-15H,1-5H3;2-7,9-11H,1H3;;/q2*-1;-2;;+3. The number of para-hydroxylation sites is 3. The van der Waals surface area contributed by atoms with E-state index in [4.69, 9.17) is 0 Å². The monoisotopic (exact) mass is 1240 g/mol. The number of rotatable bonds is 9. The van der Waals surface area contributed by atoms with E-state index in [9.17, 15) is 0 Å². The van der Waals surface area contributed by atoms with Crippen LogP contribution in [0, 0.1) is 38.7 Å². The topological polar surface area (TPSA) is 55.0 Å². The van der Waals surface area contributed by atoms with Crippen LogP contribution in [-0.2, 0) is 47.3 Å². The third-order valence-corrected chi connectivity index (χ3v) is 11.8. The van der Waals surface area contributed by atoms with E-state index in [0.29, 0.717) is 23.7 Å². The third kappa shape index (κ3) is 12.0. The van der Waals surface area contributed by atoms with Gasteiger partial charge in [-0.05, 0) is 77.6 Å². The summed E-state index contributed by atoms with van der Waals surface area (Å²) < 4.78 is 4.23. The molecular weight excluding hydrogens is 1180 g/mol. The molecule has 0 bridgehead atoms. The summed E-state index contributed by atoms with van der Waals surface area (Å²) in [7, 11) is 4.08. The van der Waals surface area contributed by atoms with Crippen LogP contribution < -0.4 is 9.80 Å². The molecule has 5 aromatic carbocycles. The number of fused-ring (bicyclic) bond motifs is 1. The first-order chi connectivity index (χ1) is 31.2. The zero-order valence-corrected chi connectivity index (χ0v) is 45.7. The van der Waals surface area contributed by atoms with Crippen molar-refractivity contribution in [2.45, 2.75) is 92.9 Å². The largest absolute Gasteiger partial charge is 3.00 e. The average Bonchev–Trinajstić information content (AvgIpc) is 4.06. The molecule has 7 nitrogen and oxygen atoms in total. The molecular formula is C58H63Ir2N7-. The van der Waals surface area contributed by atoms with E-state index >= 15 is 0 Å². The first kappa shape index (κ1) is 52.5. The molecule has 1 radical (unpaired) electrons. The van der Waals surface area contributed by atoms with Gasteiger partial charge in [-0.2, -0.15) is 37.0 Å². The molecule has 67 heavy (non-hydrogen) atoms. The van der Waals surface area contributed by atoms with E-state index in [2.05, 4.69) is 197 Å². The fourth-order valence-corrected chi connectivity index (χ4v) is 8.39. The van der Waals surface area contributed by atoms with Gasteiger partial charge in [-0.15, -0.1) is 76.5 Å². The summed E-state index contributed by atoms with van der Waals surface area (Å²) in [6, 6.07) is 43.6. The van der Waals surface area contributed by atoms with Crippen molar-refractivity contribution in [2.24, 2.45) is 7.05 Å². The Labute approximate surface area is 427 Å². The van der Waals surface area contributed by atoms with E-state index in [1.54, 1.807) is 0 Å². The summed E-state index contributed by atoms with van der Waals surface area (Å²) in [4.78, 5) is 17.8. The molecule has 0 spiro atoms. The van der Waals surface area contributed by atoms with Crippen LogP contribution >= 0.6 is 0 Å². The minimum Gasteiger partial charge on any atom is -0.504 e. The molecule has 9 heteroatoms. The van der Waals surface area contributed by atoms with Crippen LogP contribution in [0.15, 0.2) is 134 Å². The zero-order chi connectivity index (χ0) is 46.4.